The van der Waals surface area contributed by atoms with Crippen molar-refractivity contribution in [2.75, 3.05) is 6.61 Å². The van der Waals surface area contributed by atoms with Crippen LogP contribution in [0.15, 0.2) is 54.1 Å². The molecule has 0 bridgehead atoms. The minimum Gasteiger partial charge on any atom is -0.457 e. The van der Waals surface area contributed by atoms with Crippen LogP contribution in [0.2, 0.25) is 0 Å². The highest BCUT2D eigenvalue weighted by Gasteiger charge is 2.79. The van der Waals surface area contributed by atoms with Crippen LogP contribution >= 0.6 is 0 Å². The van der Waals surface area contributed by atoms with Crippen LogP contribution in [0.1, 0.15) is 40.0 Å². The van der Waals surface area contributed by atoms with Crippen LogP contribution in [0.25, 0.3) is 0 Å². The Morgan fingerprint density at radius 2 is 1.88 bits per heavy atom. The predicted molar refractivity (Wildman–Crippen MR) is 124 cm³/mol. The van der Waals surface area contributed by atoms with Crippen molar-refractivity contribution in [3.05, 3.63) is 54.1 Å². The molecule has 0 aromatic heterocycles. The van der Waals surface area contributed by atoms with E-state index in [-0.39, 0.29) is 42.5 Å². The van der Waals surface area contributed by atoms with Gasteiger partial charge in [0.1, 0.15) is 24.1 Å². The normalized spacial score (nSPS) is 51.2. The zero-order chi connectivity index (χ0) is 24.1. The van der Waals surface area contributed by atoms with Gasteiger partial charge < -0.3 is 19.7 Å². The summed E-state index contributed by atoms with van der Waals surface area (Å²) < 4.78 is 27.8. The minimum absolute atomic E-state index is 0.0102. The third kappa shape index (κ3) is 2.68. The summed E-state index contributed by atoms with van der Waals surface area (Å²) in [5.74, 6) is -1.27. The van der Waals surface area contributed by atoms with Gasteiger partial charge in [0, 0.05) is 16.7 Å². The molecule has 34 heavy (non-hydrogen) atoms. The molecule has 1 saturated heterocycles. The largest absolute Gasteiger partial charge is 0.457 e. The van der Waals surface area contributed by atoms with Gasteiger partial charge in [0.05, 0.1) is 6.10 Å². The van der Waals surface area contributed by atoms with E-state index in [0.29, 0.717) is 24.2 Å². The fraction of sp³-hybridized carbons (Fsp3) is 0.607. The number of ketones is 1. The maximum atomic E-state index is 15.6. The van der Waals surface area contributed by atoms with E-state index in [1.807, 2.05) is 51.1 Å². The van der Waals surface area contributed by atoms with E-state index >= 15 is 4.39 Å². The first-order chi connectivity index (χ1) is 16.1. The number of alkyl halides is 1. The molecule has 1 aliphatic heterocycles. The molecule has 0 amide bonds. The highest BCUT2D eigenvalue weighted by atomic mass is 19.1. The van der Waals surface area contributed by atoms with Crippen LogP contribution in [0, 0.1) is 34.5 Å². The van der Waals surface area contributed by atoms with Crippen molar-refractivity contribution in [3.63, 3.8) is 0 Å². The van der Waals surface area contributed by atoms with Gasteiger partial charge in [-0.1, -0.05) is 45.0 Å². The molecule has 5 nitrogen and oxygen atoms in total. The molecule has 1 aromatic rings. The fourth-order valence-corrected chi connectivity index (χ4v) is 8.58. The van der Waals surface area contributed by atoms with E-state index in [2.05, 4.69) is 0 Å². The number of aliphatic hydroxyl groups excluding tert-OH is 1. The summed E-state index contributed by atoms with van der Waals surface area (Å²) in [5.41, 5.74) is -2.29. The second-order valence-corrected chi connectivity index (χ2v) is 11.7. The van der Waals surface area contributed by atoms with E-state index in [9.17, 15) is 15.0 Å². The Kier molecular flexibility index (Phi) is 4.63. The van der Waals surface area contributed by atoms with Crippen LogP contribution < -0.4 is 4.74 Å². The lowest BCUT2D eigenvalue weighted by molar-refractivity contribution is -0.236. The number of hydrogen-bond acceptors (Lipinski definition) is 5. The second kappa shape index (κ2) is 7.02. The number of hydrogen-bond donors (Lipinski definition) is 2. The monoisotopic (exact) mass is 468 g/mol. The maximum absolute atomic E-state index is 15.6. The van der Waals surface area contributed by atoms with Crippen molar-refractivity contribution in [1.82, 2.24) is 0 Å². The molecule has 3 saturated carbocycles. The zero-order valence-corrected chi connectivity index (χ0v) is 19.9. The average Bonchev–Trinajstić information content (AvgIpc) is 3.54. The number of carbonyl (C=O) groups is 1. The number of benzene rings is 1. The molecule has 4 unspecified atom stereocenters. The van der Waals surface area contributed by atoms with Gasteiger partial charge in [-0.15, -0.1) is 0 Å². The smallest absolute Gasteiger partial charge is 0.264 e. The summed E-state index contributed by atoms with van der Waals surface area (Å²) in [7, 11) is 0. The third-order valence-electron chi connectivity index (χ3n) is 10.1. The van der Waals surface area contributed by atoms with E-state index in [4.69, 9.17) is 9.47 Å². The molecule has 4 aliphatic carbocycles. The van der Waals surface area contributed by atoms with E-state index < -0.39 is 34.5 Å². The van der Waals surface area contributed by atoms with Gasteiger partial charge in [-0.25, -0.2) is 4.39 Å². The number of carbonyl (C=O) groups excluding carboxylic acids is 1. The third-order valence-corrected chi connectivity index (χ3v) is 10.1. The molecule has 0 spiro atoms. The Morgan fingerprint density at radius 1 is 1.18 bits per heavy atom. The fourth-order valence-electron chi connectivity index (χ4n) is 8.58. The highest BCUT2D eigenvalue weighted by molar-refractivity contribution is 6.01. The van der Waals surface area contributed by atoms with E-state index in [1.54, 1.807) is 6.08 Å². The molecule has 10 atom stereocenters. The van der Waals surface area contributed by atoms with E-state index in [1.165, 1.54) is 12.2 Å². The summed E-state index contributed by atoms with van der Waals surface area (Å²) in [6.45, 7) is 6.27. The van der Waals surface area contributed by atoms with Crippen LogP contribution in [-0.2, 0) is 9.53 Å². The second-order valence-electron chi connectivity index (χ2n) is 11.7. The van der Waals surface area contributed by atoms with Gasteiger partial charge in [-0.2, -0.15) is 0 Å². The number of fused-ring (bicyclic) bond motifs is 5. The molecule has 1 heterocycles. The van der Waals surface area contributed by atoms with Crippen molar-refractivity contribution in [2.45, 2.75) is 63.7 Å². The van der Waals surface area contributed by atoms with Crippen molar-refractivity contribution in [1.29, 1.82) is 0 Å². The van der Waals surface area contributed by atoms with Gasteiger partial charge in [0.25, 0.3) is 5.79 Å². The summed E-state index contributed by atoms with van der Waals surface area (Å²) in [5, 5.41) is 24.1. The molecule has 0 radical (unpaired) electrons. The minimum atomic E-state index is -1.34. The van der Waals surface area contributed by atoms with Gasteiger partial charge in [0.15, 0.2) is 5.78 Å². The van der Waals surface area contributed by atoms with E-state index in [0.717, 1.165) is 0 Å². The van der Waals surface area contributed by atoms with Gasteiger partial charge in [0.2, 0.25) is 0 Å². The molecular formula is C28H33FO5. The molecule has 182 valence electrons. The molecule has 6 rings (SSSR count). The molecule has 2 N–H and O–H groups in total. The molecular weight excluding hydrogens is 435 g/mol. The standard InChI is InChI=1S/C28H33FO5/c1-16-11-20-19-13-22(29)21-12-17(30)9-10-25(21,2)24(19)23(31)14-26(20,3)28(16,32)27(15-33-27)34-18-7-5-4-6-8-18/h4-10,12,16,19-20,22-24,31-32H,11,13-15H2,1-3H3/t16?,19-,20-,22?,23?,24+,25-,26-,27?,28+/m0/s1. The SMILES string of the molecule is CC1C[C@H]2[C@@H]3CC(F)C4=CC(=O)C=C[C@]4(C)[C@H]3C(O)C[C@]2(C)[C@@]1(O)C1(Oc2ccccc2)CO1. The Hall–Kier alpha value is -2.02. The number of epoxide rings is 1. The number of rotatable bonds is 3. The van der Waals surface area contributed by atoms with Crippen LogP contribution in [0.3, 0.4) is 0 Å². The maximum Gasteiger partial charge on any atom is 0.264 e. The highest BCUT2D eigenvalue weighted by Crippen LogP contribution is 2.71. The average molecular weight is 469 g/mol. The number of aliphatic hydroxyl groups is 2. The number of allylic oxidation sites excluding steroid dienone is 4. The number of ether oxygens (including phenoxy) is 2. The Balaban J connectivity index is 1.40. The summed E-state index contributed by atoms with van der Waals surface area (Å²) in [6, 6.07) is 9.36. The molecule has 4 fully saturated rings. The lowest BCUT2D eigenvalue weighted by atomic mass is 9.45. The number of halogens is 1. The van der Waals surface area contributed by atoms with Crippen molar-refractivity contribution in [3.8, 4) is 5.75 Å². The van der Waals surface area contributed by atoms with Crippen LogP contribution in [0.5, 0.6) is 5.75 Å². The molecule has 6 heteroatoms. The first-order valence-corrected chi connectivity index (χ1v) is 12.4. The first-order valence-electron chi connectivity index (χ1n) is 12.4. The van der Waals surface area contributed by atoms with Crippen molar-refractivity contribution >= 4 is 5.78 Å². The number of para-hydroxylation sites is 1. The van der Waals surface area contributed by atoms with Gasteiger partial charge in [-0.3, -0.25) is 4.79 Å². The molecule has 5 aliphatic rings. The summed E-state index contributed by atoms with van der Waals surface area (Å²) in [4.78, 5) is 12.0. The zero-order valence-electron chi connectivity index (χ0n) is 19.9. The lowest BCUT2D eigenvalue weighted by Crippen LogP contribution is -2.66. The van der Waals surface area contributed by atoms with Crippen LogP contribution in [-0.4, -0.2) is 46.3 Å². The van der Waals surface area contributed by atoms with Gasteiger partial charge in [-0.05, 0) is 66.9 Å². The Morgan fingerprint density at radius 3 is 2.56 bits per heavy atom. The summed E-state index contributed by atoms with van der Waals surface area (Å²) in [6.07, 6.45) is 4.05. The van der Waals surface area contributed by atoms with Crippen molar-refractivity contribution < 1.29 is 28.9 Å². The predicted octanol–water partition coefficient (Wildman–Crippen LogP) is 4.00. The first kappa shape index (κ1) is 22.4. The summed E-state index contributed by atoms with van der Waals surface area (Å²) >= 11 is 0. The van der Waals surface area contributed by atoms with Gasteiger partial charge >= 0.3 is 0 Å². The quantitative estimate of drug-likeness (QED) is 0.656. The topological polar surface area (TPSA) is 79.3 Å². The lowest BCUT2D eigenvalue weighted by Gasteiger charge is -2.60. The molecule has 1 aromatic carbocycles. The van der Waals surface area contributed by atoms with Crippen molar-refractivity contribution in [2.24, 2.45) is 34.5 Å². The van der Waals surface area contributed by atoms with Crippen LogP contribution in [0.4, 0.5) is 4.39 Å². The Bertz CT molecular complexity index is 1080. The Labute approximate surface area is 199 Å².